The highest BCUT2D eigenvalue weighted by Gasteiger charge is 2.33. The summed E-state index contributed by atoms with van der Waals surface area (Å²) < 4.78 is 16.4. The summed E-state index contributed by atoms with van der Waals surface area (Å²) in [5.41, 5.74) is 2.99. The molecule has 2 heterocycles. The Morgan fingerprint density at radius 3 is 2.89 bits per heavy atom. The summed E-state index contributed by atoms with van der Waals surface area (Å²) in [7, 11) is 3.35. The highest BCUT2D eigenvalue weighted by Crippen LogP contribution is 2.41. The summed E-state index contributed by atoms with van der Waals surface area (Å²) in [5.74, 6) is 0. The van der Waals surface area contributed by atoms with E-state index in [-0.39, 0.29) is 12.4 Å². The van der Waals surface area contributed by atoms with Crippen molar-refractivity contribution in [2.75, 3.05) is 20.8 Å². The van der Waals surface area contributed by atoms with E-state index in [2.05, 4.69) is 12.1 Å². The normalized spacial score (nSPS) is 21.8. The summed E-state index contributed by atoms with van der Waals surface area (Å²) >= 11 is 0. The van der Waals surface area contributed by atoms with Crippen LogP contribution < -0.4 is 0 Å². The lowest BCUT2D eigenvalue weighted by atomic mass is 10.1. The minimum atomic E-state index is -0.325. The van der Waals surface area contributed by atoms with Crippen LogP contribution in [0, 0.1) is 0 Å². The second kappa shape index (κ2) is 5.25. The van der Waals surface area contributed by atoms with E-state index in [0.717, 1.165) is 28.6 Å². The topological polar surface area (TPSA) is 40.6 Å². The van der Waals surface area contributed by atoms with Crippen molar-refractivity contribution in [2.45, 2.75) is 18.8 Å². The summed E-state index contributed by atoms with van der Waals surface area (Å²) in [5, 5.41) is 1.11. The van der Waals surface area contributed by atoms with Crippen molar-refractivity contribution in [3.05, 3.63) is 41.6 Å². The number of pyridine rings is 1. The van der Waals surface area contributed by atoms with Crippen LogP contribution in [0.5, 0.6) is 0 Å². The second-order valence-electron chi connectivity index (χ2n) is 4.63. The standard InChI is InChI=1S/C15H17NO3/c1-17-8-7-13-14-11(15(18-2)19-13)9-10-5-3-4-6-12(10)16-14/h3-6,9,13,15H,7-8H2,1-2H3/t13-,15-/m0/s1. The Balaban J connectivity index is 2.04. The Labute approximate surface area is 112 Å². The molecule has 1 aromatic carbocycles. The minimum absolute atomic E-state index is 0.0514. The SMILES string of the molecule is COCC[C@@H]1O[C@H](OC)c2cc3ccccc3nc21. The smallest absolute Gasteiger partial charge is 0.186 e. The maximum atomic E-state index is 5.89. The fraction of sp³-hybridized carbons (Fsp3) is 0.400. The van der Waals surface area contributed by atoms with Gasteiger partial charge in [-0.15, -0.1) is 0 Å². The van der Waals surface area contributed by atoms with E-state index in [1.807, 2.05) is 18.2 Å². The van der Waals surface area contributed by atoms with Crippen LogP contribution in [0.4, 0.5) is 0 Å². The van der Waals surface area contributed by atoms with Crippen LogP contribution in [-0.2, 0) is 14.2 Å². The number of methoxy groups -OCH3 is 2. The average Bonchev–Trinajstić information content (AvgIpc) is 2.80. The fourth-order valence-corrected chi connectivity index (χ4v) is 2.49. The molecular weight excluding hydrogens is 242 g/mol. The fourth-order valence-electron chi connectivity index (χ4n) is 2.49. The van der Waals surface area contributed by atoms with Crippen molar-refractivity contribution < 1.29 is 14.2 Å². The highest BCUT2D eigenvalue weighted by atomic mass is 16.7. The molecule has 1 aliphatic rings. The molecule has 0 radical (unpaired) electrons. The zero-order valence-corrected chi connectivity index (χ0v) is 11.1. The minimum Gasteiger partial charge on any atom is -0.385 e. The van der Waals surface area contributed by atoms with Crippen molar-refractivity contribution in [3.63, 3.8) is 0 Å². The molecular formula is C15H17NO3. The van der Waals surface area contributed by atoms with Crippen LogP contribution in [-0.4, -0.2) is 25.8 Å². The molecule has 0 unspecified atom stereocenters. The van der Waals surface area contributed by atoms with E-state index >= 15 is 0 Å². The molecule has 0 amide bonds. The molecule has 2 atom stereocenters. The molecule has 2 aromatic rings. The van der Waals surface area contributed by atoms with Crippen LogP contribution >= 0.6 is 0 Å². The van der Waals surface area contributed by atoms with Crippen LogP contribution in [0.3, 0.4) is 0 Å². The van der Waals surface area contributed by atoms with Gasteiger partial charge in [-0.25, -0.2) is 4.98 Å². The summed E-state index contributed by atoms with van der Waals surface area (Å²) in [6.45, 7) is 0.648. The number of hydrogen-bond acceptors (Lipinski definition) is 4. The Hall–Kier alpha value is -1.49. The van der Waals surface area contributed by atoms with E-state index in [4.69, 9.17) is 19.2 Å². The zero-order valence-electron chi connectivity index (χ0n) is 11.1. The quantitative estimate of drug-likeness (QED) is 0.846. The maximum absolute atomic E-state index is 5.89. The number of ether oxygens (including phenoxy) is 3. The van der Waals surface area contributed by atoms with Crippen molar-refractivity contribution >= 4 is 10.9 Å². The molecule has 0 saturated heterocycles. The average molecular weight is 259 g/mol. The predicted molar refractivity (Wildman–Crippen MR) is 71.8 cm³/mol. The Kier molecular flexibility index (Phi) is 3.46. The predicted octanol–water partition coefficient (Wildman–Crippen LogP) is 2.99. The largest absolute Gasteiger partial charge is 0.385 e. The van der Waals surface area contributed by atoms with Gasteiger partial charge in [0, 0.05) is 38.2 Å². The van der Waals surface area contributed by atoms with Gasteiger partial charge in [-0.3, -0.25) is 0 Å². The number of nitrogens with zero attached hydrogens (tertiary/aromatic N) is 1. The van der Waals surface area contributed by atoms with Crippen LogP contribution in [0.25, 0.3) is 10.9 Å². The van der Waals surface area contributed by atoms with Gasteiger partial charge in [-0.2, -0.15) is 0 Å². The summed E-state index contributed by atoms with van der Waals surface area (Å²) in [6.07, 6.45) is 0.410. The van der Waals surface area contributed by atoms with Crippen LogP contribution in [0.1, 0.15) is 30.1 Å². The van der Waals surface area contributed by atoms with Crippen molar-refractivity contribution in [2.24, 2.45) is 0 Å². The van der Waals surface area contributed by atoms with E-state index in [1.165, 1.54) is 0 Å². The molecule has 0 fully saturated rings. The molecule has 0 saturated carbocycles. The lowest BCUT2D eigenvalue weighted by molar-refractivity contribution is -0.146. The Morgan fingerprint density at radius 1 is 1.26 bits per heavy atom. The van der Waals surface area contributed by atoms with Gasteiger partial charge in [0.15, 0.2) is 6.29 Å². The first-order valence-corrected chi connectivity index (χ1v) is 6.40. The van der Waals surface area contributed by atoms with Crippen molar-refractivity contribution in [1.82, 2.24) is 4.98 Å². The van der Waals surface area contributed by atoms with Crippen LogP contribution in [0.2, 0.25) is 0 Å². The molecule has 3 rings (SSSR count). The number of para-hydroxylation sites is 1. The monoisotopic (exact) mass is 259 g/mol. The Bertz CT molecular complexity index is 585. The zero-order chi connectivity index (χ0) is 13.2. The lowest BCUT2D eigenvalue weighted by Crippen LogP contribution is -2.04. The third-order valence-electron chi connectivity index (χ3n) is 3.43. The van der Waals surface area contributed by atoms with E-state index in [1.54, 1.807) is 14.2 Å². The summed E-state index contributed by atoms with van der Waals surface area (Å²) in [6, 6.07) is 10.2. The Morgan fingerprint density at radius 2 is 2.11 bits per heavy atom. The number of hydrogen-bond donors (Lipinski definition) is 0. The molecule has 19 heavy (non-hydrogen) atoms. The first-order valence-electron chi connectivity index (χ1n) is 6.40. The molecule has 0 aliphatic carbocycles. The molecule has 0 spiro atoms. The van der Waals surface area contributed by atoms with Crippen LogP contribution in [0.15, 0.2) is 30.3 Å². The van der Waals surface area contributed by atoms with E-state index in [9.17, 15) is 0 Å². The summed E-state index contributed by atoms with van der Waals surface area (Å²) in [4.78, 5) is 4.73. The molecule has 100 valence electrons. The van der Waals surface area contributed by atoms with Gasteiger partial charge in [0.1, 0.15) is 6.10 Å². The van der Waals surface area contributed by atoms with Gasteiger partial charge in [0.25, 0.3) is 0 Å². The molecule has 4 nitrogen and oxygen atoms in total. The maximum Gasteiger partial charge on any atom is 0.186 e. The first-order chi connectivity index (χ1) is 9.33. The molecule has 1 aliphatic heterocycles. The van der Waals surface area contributed by atoms with E-state index < -0.39 is 0 Å². The molecule has 4 heteroatoms. The molecule has 0 bridgehead atoms. The van der Waals surface area contributed by atoms with Crippen molar-refractivity contribution in [1.29, 1.82) is 0 Å². The van der Waals surface area contributed by atoms with Gasteiger partial charge >= 0.3 is 0 Å². The lowest BCUT2D eigenvalue weighted by Gasteiger charge is -2.11. The van der Waals surface area contributed by atoms with Crippen molar-refractivity contribution in [3.8, 4) is 0 Å². The third kappa shape index (κ3) is 2.23. The number of benzene rings is 1. The molecule has 1 aromatic heterocycles. The van der Waals surface area contributed by atoms with Gasteiger partial charge in [0.05, 0.1) is 11.2 Å². The van der Waals surface area contributed by atoms with E-state index in [0.29, 0.717) is 6.61 Å². The number of fused-ring (bicyclic) bond motifs is 2. The third-order valence-corrected chi connectivity index (χ3v) is 3.43. The first kappa shape index (κ1) is 12.5. The number of aromatic nitrogens is 1. The molecule has 0 N–H and O–H groups in total. The van der Waals surface area contributed by atoms with Gasteiger partial charge in [0.2, 0.25) is 0 Å². The van der Waals surface area contributed by atoms with Gasteiger partial charge in [-0.1, -0.05) is 18.2 Å². The number of rotatable bonds is 4. The second-order valence-corrected chi connectivity index (χ2v) is 4.63. The highest BCUT2D eigenvalue weighted by molar-refractivity contribution is 5.79. The van der Waals surface area contributed by atoms with Gasteiger partial charge < -0.3 is 14.2 Å². The van der Waals surface area contributed by atoms with Gasteiger partial charge in [-0.05, 0) is 12.1 Å².